The number of nitrogen functional groups attached to an aromatic ring is 1. The minimum Gasteiger partial charge on any atom is -0.398 e. The molecule has 88 valence electrons. The molecule has 0 unspecified atom stereocenters. The minimum absolute atomic E-state index is 0.300. The van der Waals surface area contributed by atoms with Crippen LogP contribution in [0, 0.1) is 5.82 Å². The maximum Gasteiger partial charge on any atom is 0.137 e. The van der Waals surface area contributed by atoms with E-state index in [1.807, 2.05) is 0 Å². The number of hydrogen-bond donors (Lipinski definition) is 2. The van der Waals surface area contributed by atoms with Crippen molar-refractivity contribution in [1.82, 2.24) is 4.98 Å². The average molecular weight is 296 g/mol. The molecule has 1 aliphatic carbocycles. The Kier molecular flexibility index (Phi) is 2.43. The number of nitrogens with one attached hydrogen (secondary N) is 1. The summed E-state index contributed by atoms with van der Waals surface area (Å²) in [7, 11) is 0. The second-order valence-corrected chi connectivity index (χ2v) is 5.11. The van der Waals surface area contributed by atoms with E-state index in [1.54, 1.807) is 12.3 Å². The summed E-state index contributed by atoms with van der Waals surface area (Å²) < 4.78 is 14.6. The Hall–Kier alpha value is -1.36. The highest BCUT2D eigenvalue weighted by Crippen LogP contribution is 2.36. The zero-order valence-electron chi connectivity index (χ0n) is 9.00. The SMILES string of the molecule is Nc1ccc(F)c2c(NC3CC3)ncc(Br)c12. The maximum absolute atomic E-state index is 13.9. The molecule has 3 rings (SSSR count). The summed E-state index contributed by atoms with van der Waals surface area (Å²) in [5.41, 5.74) is 6.44. The zero-order chi connectivity index (χ0) is 12.0. The average Bonchev–Trinajstić information content (AvgIpc) is 3.10. The van der Waals surface area contributed by atoms with Crippen molar-refractivity contribution in [3.8, 4) is 0 Å². The van der Waals surface area contributed by atoms with Gasteiger partial charge < -0.3 is 11.1 Å². The molecule has 0 spiro atoms. The Bertz CT molecular complexity index is 588. The van der Waals surface area contributed by atoms with E-state index in [0.29, 0.717) is 32.8 Å². The number of benzene rings is 1. The lowest BCUT2D eigenvalue weighted by Crippen LogP contribution is -2.05. The summed E-state index contributed by atoms with van der Waals surface area (Å²) >= 11 is 3.36. The fourth-order valence-electron chi connectivity index (χ4n) is 1.86. The number of anilines is 2. The van der Waals surface area contributed by atoms with Gasteiger partial charge in [-0.15, -0.1) is 0 Å². The van der Waals surface area contributed by atoms with Crippen molar-refractivity contribution in [3.63, 3.8) is 0 Å². The van der Waals surface area contributed by atoms with Crippen LogP contribution in [0.3, 0.4) is 0 Å². The van der Waals surface area contributed by atoms with Gasteiger partial charge in [-0.2, -0.15) is 0 Å². The van der Waals surface area contributed by atoms with E-state index in [0.717, 1.165) is 12.8 Å². The van der Waals surface area contributed by atoms with Crippen LogP contribution in [0.2, 0.25) is 0 Å². The van der Waals surface area contributed by atoms with Crippen molar-refractivity contribution in [2.45, 2.75) is 18.9 Å². The van der Waals surface area contributed by atoms with Gasteiger partial charge in [-0.05, 0) is 40.9 Å². The van der Waals surface area contributed by atoms with Crippen LogP contribution in [0.4, 0.5) is 15.9 Å². The number of hydrogen-bond acceptors (Lipinski definition) is 3. The first-order valence-electron chi connectivity index (χ1n) is 5.45. The van der Waals surface area contributed by atoms with Gasteiger partial charge in [0.25, 0.3) is 0 Å². The van der Waals surface area contributed by atoms with Gasteiger partial charge in [0.05, 0.1) is 5.39 Å². The lowest BCUT2D eigenvalue weighted by atomic mass is 10.1. The normalized spacial score (nSPS) is 15.2. The van der Waals surface area contributed by atoms with Gasteiger partial charge in [-0.25, -0.2) is 9.37 Å². The van der Waals surface area contributed by atoms with Gasteiger partial charge in [0.1, 0.15) is 11.6 Å². The van der Waals surface area contributed by atoms with E-state index in [2.05, 4.69) is 26.2 Å². The Balaban J connectivity index is 2.28. The van der Waals surface area contributed by atoms with Gasteiger partial charge in [-0.3, -0.25) is 0 Å². The van der Waals surface area contributed by atoms with Crippen LogP contribution < -0.4 is 11.1 Å². The molecule has 0 saturated heterocycles. The zero-order valence-corrected chi connectivity index (χ0v) is 10.6. The molecule has 0 bridgehead atoms. The van der Waals surface area contributed by atoms with Gasteiger partial charge in [0, 0.05) is 27.8 Å². The first-order valence-corrected chi connectivity index (χ1v) is 6.25. The molecule has 1 saturated carbocycles. The molecule has 0 atom stereocenters. The highest BCUT2D eigenvalue weighted by molar-refractivity contribution is 9.10. The van der Waals surface area contributed by atoms with Crippen LogP contribution in [0.1, 0.15) is 12.8 Å². The lowest BCUT2D eigenvalue weighted by Gasteiger charge is -2.11. The Morgan fingerprint density at radius 1 is 1.35 bits per heavy atom. The fourth-order valence-corrected chi connectivity index (χ4v) is 2.39. The molecule has 3 nitrogen and oxygen atoms in total. The lowest BCUT2D eigenvalue weighted by molar-refractivity contribution is 0.640. The topological polar surface area (TPSA) is 50.9 Å². The number of rotatable bonds is 2. The minimum atomic E-state index is -0.300. The van der Waals surface area contributed by atoms with Crippen LogP contribution in [-0.2, 0) is 0 Å². The molecule has 0 aliphatic heterocycles. The first kappa shape index (κ1) is 10.8. The molecule has 1 aromatic heterocycles. The molecule has 1 heterocycles. The van der Waals surface area contributed by atoms with Gasteiger partial charge in [0.2, 0.25) is 0 Å². The standard InChI is InChI=1S/C12H11BrFN3/c13-7-5-16-12(17-6-1-2-6)11-8(14)3-4-9(15)10(7)11/h3-6H,1-2,15H2,(H,16,17). The van der Waals surface area contributed by atoms with E-state index in [9.17, 15) is 4.39 Å². The summed E-state index contributed by atoms with van der Waals surface area (Å²) in [5.74, 6) is 0.279. The summed E-state index contributed by atoms with van der Waals surface area (Å²) in [6.45, 7) is 0. The molecule has 1 fully saturated rings. The van der Waals surface area contributed by atoms with Crippen molar-refractivity contribution in [1.29, 1.82) is 0 Å². The summed E-state index contributed by atoms with van der Waals surface area (Å²) in [6, 6.07) is 3.38. The quantitative estimate of drug-likeness (QED) is 0.836. The molecule has 2 aromatic rings. The number of fused-ring (bicyclic) bond motifs is 1. The van der Waals surface area contributed by atoms with Crippen LogP contribution >= 0.6 is 15.9 Å². The molecular weight excluding hydrogens is 285 g/mol. The maximum atomic E-state index is 13.9. The number of aromatic nitrogens is 1. The van der Waals surface area contributed by atoms with E-state index in [1.165, 1.54) is 6.07 Å². The third kappa shape index (κ3) is 1.84. The molecule has 0 radical (unpaired) electrons. The van der Waals surface area contributed by atoms with Crippen molar-refractivity contribution in [3.05, 3.63) is 28.6 Å². The molecule has 17 heavy (non-hydrogen) atoms. The van der Waals surface area contributed by atoms with Crippen LogP contribution in [0.25, 0.3) is 10.8 Å². The Morgan fingerprint density at radius 2 is 2.12 bits per heavy atom. The summed E-state index contributed by atoms with van der Waals surface area (Å²) in [6.07, 6.45) is 3.88. The van der Waals surface area contributed by atoms with E-state index >= 15 is 0 Å². The van der Waals surface area contributed by atoms with Gasteiger partial charge in [-0.1, -0.05) is 0 Å². The highest BCUT2D eigenvalue weighted by Gasteiger charge is 2.23. The van der Waals surface area contributed by atoms with Crippen molar-refractivity contribution >= 4 is 38.2 Å². The van der Waals surface area contributed by atoms with E-state index < -0.39 is 0 Å². The van der Waals surface area contributed by atoms with Crippen molar-refractivity contribution < 1.29 is 4.39 Å². The number of pyridine rings is 1. The summed E-state index contributed by atoms with van der Waals surface area (Å²) in [4.78, 5) is 4.23. The fraction of sp³-hybridized carbons (Fsp3) is 0.250. The summed E-state index contributed by atoms with van der Waals surface area (Å²) in [5, 5.41) is 4.37. The number of halogens is 2. The molecule has 5 heteroatoms. The van der Waals surface area contributed by atoms with Crippen molar-refractivity contribution in [2.75, 3.05) is 11.1 Å². The predicted octanol–water partition coefficient (Wildman–Crippen LogP) is 3.29. The van der Waals surface area contributed by atoms with Crippen LogP contribution in [0.5, 0.6) is 0 Å². The number of nitrogens with zero attached hydrogens (tertiary/aromatic N) is 1. The molecule has 1 aliphatic rings. The van der Waals surface area contributed by atoms with Crippen LogP contribution in [-0.4, -0.2) is 11.0 Å². The van der Waals surface area contributed by atoms with E-state index in [-0.39, 0.29) is 5.82 Å². The number of nitrogens with two attached hydrogens (primary N) is 1. The third-order valence-corrected chi connectivity index (χ3v) is 3.49. The highest BCUT2D eigenvalue weighted by atomic mass is 79.9. The first-order chi connectivity index (χ1) is 8.16. The smallest absolute Gasteiger partial charge is 0.137 e. The largest absolute Gasteiger partial charge is 0.398 e. The van der Waals surface area contributed by atoms with E-state index in [4.69, 9.17) is 5.73 Å². The molecule has 3 N–H and O–H groups in total. The molecule has 1 aromatic carbocycles. The van der Waals surface area contributed by atoms with Crippen LogP contribution in [0.15, 0.2) is 22.8 Å². The predicted molar refractivity (Wildman–Crippen MR) is 70.5 cm³/mol. The second-order valence-electron chi connectivity index (χ2n) is 4.26. The molecule has 0 amide bonds. The Labute approximate surface area is 106 Å². The second kappa shape index (κ2) is 3.84. The van der Waals surface area contributed by atoms with Gasteiger partial charge >= 0.3 is 0 Å². The third-order valence-electron chi connectivity index (χ3n) is 2.89. The Morgan fingerprint density at radius 3 is 2.82 bits per heavy atom. The van der Waals surface area contributed by atoms with Gasteiger partial charge in [0.15, 0.2) is 0 Å². The molecular formula is C12H11BrFN3. The monoisotopic (exact) mass is 295 g/mol. The van der Waals surface area contributed by atoms with Crippen molar-refractivity contribution in [2.24, 2.45) is 0 Å².